The van der Waals surface area contributed by atoms with Crippen LogP contribution in [-0.2, 0) is 0 Å². The first-order chi connectivity index (χ1) is 6.99. The van der Waals surface area contributed by atoms with Crippen molar-refractivity contribution in [2.24, 2.45) is 10.8 Å². The van der Waals surface area contributed by atoms with Crippen LogP contribution < -0.4 is 11.2 Å². The van der Waals surface area contributed by atoms with E-state index in [4.69, 9.17) is 11.1 Å². The van der Waals surface area contributed by atoms with Gasteiger partial charge < -0.3 is 15.5 Å². The molecule has 0 heterocycles. The number of hydrazone groups is 1. The molecule has 0 fully saturated rings. The lowest BCUT2D eigenvalue weighted by Gasteiger charge is -2.23. The lowest BCUT2D eigenvalue weighted by Crippen LogP contribution is -2.38. The van der Waals surface area contributed by atoms with Crippen molar-refractivity contribution in [1.29, 1.82) is 5.41 Å². The predicted octanol–water partition coefficient (Wildman–Crippen LogP) is -0.315. The number of rotatable bonds is 6. The fourth-order valence-electron chi connectivity index (χ4n) is 0.937. The van der Waals surface area contributed by atoms with E-state index in [1.165, 1.54) is 0 Å². The normalized spacial score (nSPS) is 13.8. The molecule has 0 rings (SSSR count). The lowest BCUT2D eigenvalue weighted by atomic mass is 10.2. The number of nitrogens with zero attached hydrogens (tertiary/aromatic N) is 3. The SMILES string of the molecule is CC(CCN(C)C(N)=NNC=N)N(C)C. The molecule has 0 spiro atoms. The summed E-state index contributed by atoms with van der Waals surface area (Å²) in [5.74, 6) is 0.393. The van der Waals surface area contributed by atoms with E-state index in [2.05, 4.69) is 36.4 Å². The monoisotopic (exact) mass is 214 g/mol. The zero-order valence-electron chi connectivity index (χ0n) is 9.99. The molecule has 0 aromatic rings. The molecule has 0 radical (unpaired) electrons. The molecular formula is C9H22N6. The van der Waals surface area contributed by atoms with E-state index >= 15 is 0 Å². The Morgan fingerprint density at radius 3 is 2.60 bits per heavy atom. The molecule has 0 aliphatic heterocycles. The summed E-state index contributed by atoms with van der Waals surface area (Å²) < 4.78 is 0. The second-order valence-corrected chi connectivity index (χ2v) is 3.77. The van der Waals surface area contributed by atoms with Crippen LogP contribution in [0, 0.1) is 5.41 Å². The Morgan fingerprint density at radius 1 is 1.53 bits per heavy atom. The Balaban J connectivity index is 3.92. The van der Waals surface area contributed by atoms with E-state index in [9.17, 15) is 0 Å². The third-order valence-corrected chi connectivity index (χ3v) is 2.40. The van der Waals surface area contributed by atoms with Crippen LogP contribution >= 0.6 is 0 Å². The van der Waals surface area contributed by atoms with Crippen LogP contribution in [0.2, 0.25) is 0 Å². The molecule has 0 saturated carbocycles. The van der Waals surface area contributed by atoms with Gasteiger partial charge in [-0.15, -0.1) is 5.10 Å². The van der Waals surface area contributed by atoms with E-state index in [-0.39, 0.29) is 0 Å². The first-order valence-corrected chi connectivity index (χ1v) is 4.94. The third kappa shape index (κ3) is 5.90. The average molecular weight is 214 g/mol. The van der Waals surface area contributed by atoms with Gasteiger partial charge in [0.2, 0.25) is 5.96 Å². The van der Waals surface area contributed by atoms with Crippen LogP contribution in [0.25, 0.3) is 0 Å². The van der Waals surface area contributed by atoms with Crippen LogP contribution in [-0.4, -0.2) is 55.8 Å². The summed E-state index contributed by atoms with van der Waals surface area (Å²) in [6, 6.07) is 0.510. The summed E-state index contributed by atoms with van der Waals surface area (Å²) in [5.41, 5.74) is 8.05. The molecule has 6 nitrogen and oxygen atoms in total. The molecule has 0 amide bonds. The van der Waals surface area contributed by atoms with Crippen molar-refractivity contribution in [3.63, 3.8) is 0 Å². The van der Waals surface area contributed by atoms with Crippen LogP contribution in [0.3, 0.4) is 0 Å². The second kappa shape index (κ2) is 7.05. The summed E-state index contributed by atoms with van der Waals surface area (Å²) in [5, 5.41) is 10.5. The van der Waals surface area contributed by atoms with E-state index in [1.54, 1.807) is 0 Å². The molecule has 1 atom stereocenters. The molecule has 4 N–H and O–H groups in total. The number of nitrogens with one attached hydrogen (secondary N) is 2. The highest BCUT2D eigenvalue weighted by atomic mass is 15.4. The number of hydrogen-bond donors (Lipinski definition) is 3. The quantitative estimate of drug-likeness (QED) is 0.322. The largest absolute Gasteiger partial charge is 0.368 e. The van der Waals surface area contributed by atoms with Crippen molar-refractivity contribution >= 4 is 12.3 Å². The zero-order chi connectivity index (χ0) is 11.8. The third-order valence-electron chi connectivity index (χ3n) is 2.40. The van der Waals surface area contributed by atoms with Crippen molar-refractivity contribution in [2.45, 2.75) is 19.4 Å². The molecule has 0 aliphatic rings. The van der Waals surface area contributed by atoms with Gasteiger partial charge in [0.05, 0.1) is 6.34 Å². The predicted molar refractivity (Wildman–Crippen MR) is 63.9 cm³/mol. The number of hydrogen-bond acceptors (Lipinski definition) is 3. The van der Waals surface area contributed by atoms with Gasteiger partial charge in [0.25, 0.3) is 0 Å². The number of guanidine groups is 1. The van der Waals surface area contributed by atoms with E-state index in [0.29, 0.717) is 12.0 Å². The molecule has 88 valence electrons. The highest BCUT2D eigenvalue weighted by molar-refractivity contribution is 5.78. The molecule has 0 aliphatic carbocycles. The van der Waals surface area contributed by atoms with E-state index in [0.717, 1.165) is 19.3 Å². The minimum Gasteiger partial charge on any atom is -0.368 e. The highest BCUT2D eigenvalue weighted by Gasteiger charge is 2.07. The molecule has 0 aromatic heterocycles. The molecule has 0 bridgehead atoms. The van der Waals surface area contributed by atoms with Crippen LogP contribution in [0.1, 0.15) is 13.3 Å². The molecular weight excluding hydrogens is 192 g/mol. The summed E-state index contributed by atoms with van der Waals surface area (Å²) >= 11 is 0. The van der Waals surface area contributed by atoms with Crippen LogP contribution in [0.5, 0.6) is 0 Å². The molecule has 15 heavy (non-hydrogen) atoms. The fourth-order valence-corrected chi connectivity index (χ4v) is 0.937. The van der Waals surface area contributed by atoms with Gasteiger partial charge in [-0.05, 0) is 27.4 Å². The Labute approximate surface area is 91.6 Å². The lowest BCUT2D eigenvalue weighted by molar-refractivity contribution is 0.280. The Kier molecular flexibility index (Phi) is 6.44. The van der Waals surface area contributed by atoms with Gasteiger partial charge in [-0.2, -0.15) is 0 Å². The minimum atomic E-state index is 0.393. The average Bonchev–Trinajstić information content (AvgIpc) is 2.21. The Hall–Kier alpha value is -1.30. The van der Waals surface area contributed by atoms with E-state index < -0.39 is 0 Å². The van der Waals surface area contributed by atoms with Crippen LogP contribution in [0.4, 0.5) is 0 Å². The fraction of sp³-hybridized carbons (Fsp3) is 0.778. The van der Waals surface area contributed by atoms with Crippen molar-refractivity contribution in [3.05, 3.63) is 0 Å². The van der Waals surface area contributed by atoms with Gasteiger partial charge in [0.1, 0.15) is 0 Å². The van der Waals surface area contributed by atoms with Gasteiger partial charge in [0, 0.05) is 19.6 Å². The Morgan fingerprint density at radius 2 is 2.13 bits per heavy atom. The summed E-state index contributed by atoms with van der Waals surface area (Å²) in [7, 11) is 5.99. The van der Waals surface area contributed by atoms with Gasteiger partial charge in [-0.1, -0.05) is 0 Å². The van der Waals surface area contributed by atoms with Crippen molar-refractivity contribution in [1.82, 2.24) is 15.2 Å². The maximum atomic E-state index is 6.74. The second-order valence-electron chi connectivity index (χ2n) is 3.77. The maximum Gasteiger partial charge on any atom is 0.213 e. The Bertz CT molecular complexity index is 213. The standard InChI is InChI=1S/C9H22N6/c1-8(14(2)3)5-6-15(4)9(11)13-12-7-10/h7-8H,5-6H2,1-4H3,(H2,10,12)(H2,11,13). The maximum absolute atomic E-state index is 6.74. The summed E-state index contributed by atoms with van der Waals surface area (Å²) in [6.45, 7) is 3.01. The molecule has 1 unspecified atom stereocenters. The van der Waals surface area contributed by atoms with E-state index in [1.807, 2.05) is 11.9 Å². The first-order valence-electron chi connectivity index (χ1n) is 4.94. The van der Waals surface area contributed by atoms with Gasteiger partial charge in [-0.25, -0.2) is 0 Å². The zero-order valence-corrected chi connectivity index (χ0v) is 9.99. The van der Waals surface area contributed by atoms with Gasteiger partial charge in [-0.3, -0.25) is 10.8 Å². The van der Waals surface area contributed by atoms with Gasteiger partial charge >= 0.3 is 0 Å². The van der Waals surface area contributed by atoms with Crippen LogP contribution in [0.15, 0.2) is 5.10 Å². The number of nitrogens with two attached hydrogens (primary N) is 1. The van der Waals surface area contributed by atoms with Gasteiger partial charge in [0.15, 0.2) is 0 Å². The summed E-state index contributed by atoms with van der Waals surface area (Å²) in [6.07, 6.45) is 2.01. The minimum absolute atomic E-state index is 0.393. The molecule has 0 aromatic carbocycles. The summed E-state index contributed by atoms with van der Waals surface area (Å²) in [4.78, 5) is 4.02. The smallest absolute Gasteiger partial charge is 0.213 e. The molecule has 0 saturated heterocycles. The topological polar surface area (TPSA) is 80.7 Å². The highest BCUT2D eigenvalue weighted by Crippen LogP contribution is 1.99. The van der Waals surface area contributed by atoms with Crippen molar-refractivity contribution < 1.29 is 0 Å². The van der Waals surface area contributed by atoms with Crippen molar-refractivity contribution in [3.8, 4) is 0 Å². The van der Waals surface area contributed by atoms with Crippen molar-refractivity contribution in [2.75, 3.05) is 27.7 Å². The molecule has 6 heteroatoms. The first kappa shape index (κ1) is 13.7.